The fourth-order valence-corrected chi connectivity index (χ4v) is 1.46. The average Bonchev–Trinajstić information content (AvgIpc) is 2.09. The zero-order valence-corrected chi connectivity index (χ0v) is 9.07. The summed E-state index contributed by atoms with van der Waals surface area (Å²) in [5.74, 6) is -0.117. The number of halogens is 1. The molecule has 1 amide bonds. The number of anilines is 1. The van der Waals surface area contributed by atoms with E-state index in [4.69, 9.17) is 11.6 Å². The van der Waals surface area contributed by atoms with Gasteiger partial charge >= 0.3 is 0 Å². The molecule has 0 bridgehead atoms. The summed E-state index contributed by atoms with van der Waals surface area (Å²) in [5, 5.41) is 12.3. The van der Waals surface area contributed by atoms with Gasteiger partial charge in [-0.1, -0.05) is 11.6 Å². The van der Waals surface area contributed by atoms with Crippen LogP contribution in [-0.4, -0.2) is 11.0 Å². The first kappa shape index (κ1) is 10.9. The van der Waals surface area contributed by atoms with Gasteiger partial charge in [-0.2, -0.15) is 0 Å². The zero-order chi connectivity index (χ0) is 10.9. The van der Waals surface area contributed by atoms with E-state index in [0.717, 1.165) is 5.56 Å². The monoisotopic (exact) mass is 213 g/mol. The summed E-state index contributed by atoms with van der Waals surface area (Å²) in [7, 11) is 0. The third kappa shape index (κ3) is 1.99. The van der Waals surface area contributed by atoms with E-state index in [2.05, 4.69) is 5.32 Å². The number of benzene rings is 1. The van der Waals surface area contributed by atoms with Gasteiger partial charge in [0.15, 0.2) is 0 Å². The minimum atomic E-state index is -0.155. The molecule has 0 radical (unpaired) electrons. The van der Waals surface area contributed by atoms with Crippen molar-refractivity contribution in [3.05, 3.63) is 22.2 Å². The van der Waals surface area contributed by atoms with Gasteiger partial charge in [0.25, 0.3) is 0 Å². The number of nitrogens with one attached hydrogen (secondary N) is 1. The lowest BCUT2D eigenvalue weighted by Crippen LogP contribution is -2.08. The highest BCUT2D eigenvalue weighted by Gasteiger charge is 2.11. The second-order valence-corrected chi connectivity index (χ2v) is 3.59. The Morgan fingerprint density at radius 3 is 2.57 bits per heavy atom. The third-order valence-corrected chi connectivity index (χ3v) is 2.45. The van der Waals surface area contributed by atoms with Gasteiger partial charge in [-0.3, -0.25) is 4.79 Å². The van der Waals surface area contributed by atoms with Gasteiger partial charge in [0.2, 0.25) is 5.91 Å². The molecule has 0 aliphatic rings. The molecular weight excluding hydrogens is 202 g/mol. The number of phenolic OH excluding ortho intramolecular Hbond substituents is 1. The second-order valence-electron chi connectivity index (χ2n) is 3.21. The zero-order valence-electron chi connectivity index (χ0n) is 8.31. The Balaban J connectivity index is 3.29. The molecule has 0 fully saturated rings. The third-order valence-electron chi connectivity index (χ3n) is 1.98. The molecule has 1 aromatic rings. The van der Waals surface area contributed by atoms with Gasteiger partial charge in [-0.25, -0.2) is 0 Å². The van der Waals surface area contributed by atoms with E-state index in [-0.39, 0.29) is 16.7 Å². The van der Waals surface area contributed by atoms with Crippen molar-refractivity contribution in [3.63, 3.8) is 0 Å². The smallest absolute Gasteiger partial charge is 0.221 e. The molecule has 0 aliphatic carbocycles. The summed E-state index contributed by atoms with van der Waals surface area (Å²) in [4.78, 5) is 10.9. The van der Waals surface area contributed by atoms with E-state index in [9.17, 15) is 9.90 Å². The SMILES string of the molecule is CC(=O)Nc1c(C)cc(O)c(Cl)c1C. The maximum atomic E-state index is 10.9. The summed E-state index contributed by atoms with van der Waals surface area (Å²) in [5.41, 5.74) is 2.14. The number of amides is 1. The van der Waals surface area contributed by atoms with Crippen LogP contribution in [0.2, 0.25) is 5.02 Å². The van der Waals surface area contributed by atoms with Crippen molar-refractivity contribution >= 4 is 23.2 Å². The Kier molecular flexibility index (Phi) is 3.01. The van der Waals surface area contributed by atoms with Crippen molar-refractivity contribution in [2.45, 2.75) is 20.8 Å². The highest BCUT2D eigenvalue weighted by Crippen LogP contribution is 2.34. The molecule has 0 unspecified atom stereocenters. The fraction of sp³-hybridized carbons (Fsp3) is 0.300. The van der Waals surface area contributed by atoms with Crippen LogP contribution >= 0.6 is 11.6 Å². The molecule has 1 aromatic carbocycles. The predicted octanol–water partition coefficient (Wildman–Crippen LogP) is 2.62. The Labute approximate surface area is 87.7 Å². The van der Waals surface area contributed by atoms with Crippen molar-refractivity contribution in [1.29, 1.82) is 0 Å². The van der Waals surface area contributed by atoms with Crippen molar-refractivity contribution in [3.8, 4) is 5.75 Å². The number of phenols is 1. The summed E-state index contributed by atoms with van der Waals surface area (Å²) in [6.45, 7) is 4.98. The van der Waals surface area contributed by atoms with Crippen LogP contribution < -0.4 is 5.32 Å². The molecule has 3 nitrogen and oxygen atoms in total. The first-order valence-corrected chi connectivity index (χ1v) is 4.57. The first-order chi connectivity index (χ1) is 6.43. The minimum Gasteiger partial charge on any atom is -0.506 e. The van der Waals surface area contributed by atoms with Gasteiger partial charge in [-0.15, -0.1) is 0 Å². The maximum Gasteiger partial charge on any atom is 0.221 e. The summed E-state index contributed by atoms with van der Waals surface area (Å²) < 4.78 is 0. The molecule has 1 rings (SSSR count). The summed E-state index contributed by atoms with van der Waals surface area (Å²) in [6.07, 6.45) is 0. The molecule has 0 heterocycles. The lowest BCUT2D eigenvalue weighted by molar-refractivity contribution is -0.114. The van der Waals surface area contributed by atoms with E-state index in [0.29, 0.717) is 11.3 Å². The number of hydrogen-bond acceptors (Lipinski definition) is 2. The van der Waals surface area contributed by atoms with Crippen LogP contribution in [0.5, 0.6) is 5.75 Å². The van der Waals surface area contributed by atoms with E-state index in [1.165, 1.54) is 13.0 Å². The number of aromatic hydroxyl groups is 1. The van der Waals surface area contributed by atoms with Crippen molar-refractivity contribution in [1.82, 2.24) is 0 Å². The van der Waals surface area contributed by atoms with Crippen molar-refractivity contribution < 1.29 is 9.90 Å². The number of aryl methyl sites for hydroxylation is 1. The fourth-order valence-electron chi connectivity index (χ4n) is 1.31. The van der Waals surface area contributed by atoms with E-state index in [1.54, 1.807) is 13.8 Å². The largest absolute Gasteiger partial charge is 0.506 e. The standard InChI is InChI=1S/C10H12ClNO2/c1-5-4-8(14)9(11)6(2)10(5)12-7(3)13/h4,14H,1-3H3,(H,12,13). The van der Waals surface area contributed by atoms with Gasteiger partial charge < -0.3 is 10.4 Å². The number of carbonyl (C=O) groups is 1. The maximum absolute atomic E-state index is 10.9. The Morgan fingerprint density at radius 1 is 1.50 bits per heavy atom. The molecule has 76 valence electrons. The van der Waals surface area contributed by atoms with E-state index < -0.39 is 0 Å². The van der Waals surface area contributed by atoms with E-state index in [1.807, 2.05) is 0 Å². The molecule has 0 saturated carbocycles. The van der Waals surface area contributed by atoms with Crippen LogP contribution in [-0.2, 0) is 4.79 Å². The number of hydrogen-bond donors (Lipinski definition) is 2. The average molecular weight is 214 g/mol. The van der Waals surface area contributed by atoms with Crippen LogP contribution in [0.1, 0.15) is 18.1 Å². The quantitative estimate of drug-likeness (QED) is 0.705. The normalized spacial score (nSPS) is 10.0. The van der Waals surface area contributed by atoms with Gasteiger partial charge in [0.1, 0.15) is 5.75 Å². The van der Waals surface area contributed by atoms with Crippen molar-refractivity contribution in [2.75, 3.05) is 5.32 Å². The lowest BCUT2D eigenvalue weighted by Gasteiger charge is -2.12. The number of carbonyl (C=O) groups excluding carboxylic acids is 1. The predicted molar refractivity (Wildman–Crippen MR) is 56.9 cm³/mol. The molecular formula is C10H12ClNO2. The van der Waals surface area contributed by atoms with Crippen LogP contribution in [0.3, 0.4) is 0 Å². The van der Waals surface area contributed by atoms with E-state index >= 15 is 0 Å². The van der Waals surface area contributed by atoms with Crippen LogP contribution in [0.15, 0.2) is 6.07 Å². The molecule has 4 heteroatoms. The molecule has 0 aromatic heterocycles. The highest BCUT2D eigenvalue weighted by atomic mass is 35.5. The molecule has 2 N–H and O–H groups in total. The van der Waals surface area contributed by atoms with Gasteiger partial charge in [-0.05, 0) is 31.0 Å². The van der Waals surface area contributed by atoms with Crippen LogP contribution in [0, 0.1) is 13.8 Å². The molecule has 0 spiro atoms. The Bertz CT molecular complexity index is 388. The van der Waals surface area contributed by atoms with Gasteiger partial charge in [0, 0.05) is 12.6 Å². The highest BCUT2D eigenvalue weighted by molar-refractivity contribution is 6.33. The number of rotatable bonds is 1. The summed E-state index contributed by atoms with van der Waals surface area (Å²) in [6, 6.07) is 1.53. The molecule has 0 aliphatic heterocycles. The minimum absolute atomic E-state index is 0.0377. The topological polar surface area (TPSA) is 49.3 Å². The molecule has 0 atom stereocenters. The van der Waals surface area contributed by atoms with Crippen LogP contribution in [0.4, 0.5) is 5.69 Å². The molecule has 0 saturated heterocycles. The summed E-state index contributed by atoms with van der Waals surface area (Å²) >= 11 is 5.84. The first-order valence-electron chi connectivity index (χ1n) is 4.19. The van der Waals surface area contributed by atoms with Crippen molar-refractivity contribution in [2.24, 2.45) is 0 Å². The Morgan fingerprint density at radius 2 is 2.07 bits per heavy atom. The second kappa shape index (κ2) is 3.88. The molecule has 14 heavy (non-hydrogen) atoms. The lowest BCUT2D eigenvalue weighted by atomic mass is 10.1. The van der Waals surface area contributed by atoms with Crippen LogP contribution in [0.25, 0.3) is 0 Å². The van der Waals surface area contributed by atoms with Gasteiger partial charge in [0.05, 0.1) is 5.02 Å². The Hall–Kier alpha value is -1.22.